The highest BCUT2D eigenvalue weighted by molar-refractivity contribution is 5.98. The molecule has 0 saturated carbocycles. The van der Waals surface area contributed by atoms with Crippen molar-refractivity contribution >= 4 is 11.9 Å². The highest BCUT2D eigenvalue weighted by Gasteiger charge is 2.19. The molecular formula is C9H9NO3. The van der Waals surface area contributed by atoms with Crippen LogP contribution < -0.4 is 5.32 Å². The van der Waals surface area contributed by atoms with Crippen molar-refractivity contribution in [3.05, 3.63) is 29.1 Å². The summed E-state index contributed by atoms with van der Waals surface area (Å²) in [4.78, 5) is 21.6. The molecule has 4 heteroatoms. The normalized spacial score (nSPS) is 15.1. The van der Waals surface area contributed by atoms with Gasteiger partial charge in [-0.15, -0.1) is 0 Å². The lowest BCUT2D eigenvalue weighted by Gasteiger charge is -2.12. The standard InChI is InChI=1S/C9H9NO3/c1-6-8(9(12)13-2)7(5-11)3-4-10-6/h3-4,10H,1-2H3. The SMILES string of the molecule is COC(=O)C1=C(C)NC=CC1=C=O. The molecule has 13 heavy (non-hydrogen) atoms. The van der Waals surface area contributed by atoms with E-state index in [9.17, 15) is 9.59 Å². The molecule has 1 rings (SSSR count). The Balaban J connectivity index is 3.15. The number of allylic oxidation sites excluding steroid dienone is 2. The van der Waals surface area contributed by atoms with E-state index in [4.69, 9.17) is 0 Å². The Labute approximate surface area is 75.6 Å². The van der Waals surface area contributed by atoms with Crippen LogP contribution in [0.2, 0.25) is 0 Å². The van der Waals surface area contributed by atoms with Crippen LogP contribution in [0, 0.1) is 0 Å². The topological polar surface area (TPSA) is 55.4 Å². The molecule has 4 nitrogen and oxygen atoms in total. The van der Waals surface area contributed by atoms with Crippen LogP contribution in [0.15, 0.2) is 29.1 Å². The van der Waals surface area contributed by atoms with E-state index in [1.165, 1.54) is 13.2 Å². The van der Waals surface area contributed by atoms with Crippen molar-refractivity contribution in [3.8, 4) is 0 Å². The van der Waals surface area contributed by atoms with Crippen LogP contribution in [0.3, 0.4) is 0 Å². The largest absolute Gasteiger partial charge is 0.465 e. The first kappa shape index (κ1) is 9.29. The molecule has 0 aromatic carbocycles. The lowest BCUT2D eigenvalue weighted by Crippen LogP contribution is -2.18. The van der Waals surface area contributed by atoms with Gasteiger partial charge in [-0.2, -0.15) is 0 Å². The third-order valence-corrected chi connectivity index (χ3v) is 1.69. The Morgan fingerprint density at radius 1 is 1.62 bits per heavy atom. The summed E-state index contributed by atoms with van der Waals surface area (Å²) < 4.78 is 4.52. The van der Waals surface area contributed by atoms with Crippen LogP contribution in [0.1, 0.15) is 6.92 Å². The van der Waals surface area contributed by atoms with E-state index in [1.807, 2.05) is 0 Å². The molecule has 1 aliphatic rings. The van der Waals surface area contributed by atoms with Gasteiger partial charge in [-0.05, 0) is 13.0 Å². The Kier molecular flexibility index (Phi) is 2.67. The number of hydrogen-bond donors (Lipinski definition) is 1. The molecule has 0 unspecified atom stereocenters. The number of nitrogens with one attached hydrogen (secondary N) is 1. The smallest absolute Gasteiger partial charge is 0.340 e. The fraction of sp³-hybridized carbons (Fsp3) is 0.222. The number of esters is 1. The molecule has 0 fully saturated rings. The van der Waals surface area contributed by atoms with Gasteiger partial charge in [0, 0.05) is 11.9 Å². The van der Waals surface area contributed by atoms with Gasteiger partial charge in [-0.3, -0.25) is 0 Å². The van der Waals surface area contributed by atoms with Crippen molar-refractivity contribution in [1.82, 2.24) is 5.32 Å². The van der Waals surface area contributed by atoms with Gasteiger partial charge >= 0.3 is 5.97 Å². The molecule has 0 saturated heterocycles. The van der Waals surface area contributed by atoms with Crippen molar-refractivity contribution < 1.29 is 14.3 Å². The summed E-state index contributed by atoms with van der Waals surface area (Å²) in [6.07, 6.45) is 3.05. The van der Waals surface area contributed by atoms with Gasteiger partial charge in [0.2, 0.25) is 0 Å². The zero-order valence-electron chi connectivity index (χ0n) is 7.38. The molecule has 0 spiro atoms. The minimum Gasteiger partial charge on any atom is -0.465 e. The maximum absolute atomic E-state index is 11.2. The lowest BCUT2D eigenvalue weighted by atomic mass is 10.0. The molecule has 0 aliphatic carbocycles. The number of carbonyl (C=O) groups excluding carboxylic acids is 2. The summed E-state index contributed by atoms with van der Waals surface area (Å²) in [5.74, 6) is 1.15. The summed E-state index contributed by atoms with van der Waals surface area (Å²) >= 11 is 0. The maximum atomic E-state index is 11.2. The molecule has 0 radical (unpaired) electrons. The predicted molar refractivity (Wildman–Crippen MR) is 46.2 cm³/mol. The first-order chi connectivity index (χ1) is 6.20. The van der Waals surface area contributed by atoms with Gasteiger partial charge in [0.05, 0.1) is 18.3 Å². The van der Waals surface area contributed by atoms with E-state index in [1.54, 1.807) is 19.1 Å². The Bertz CT molecular complexity index is 346. The third-order valence-electron chi connectivity index (χ3n) is 1.69. The highest BCUT2D eigenvalue weighted by Crippen LogP contribution is 2.17. The van der Waals surface area contributed by atoms with Crippen LogP contribution in [-0.2, 0) is 14.3 Å². The highest BCUT2D eigenvalue weighted by atomic mass is 16.5. The minimum absolute atomic E-state index is 0.211. The zero-order chi connectivity index (χ0) is 9.84. The molecule has 0 aromatic heterocycles. The van der Waals surface area contributed by atoms with Gasteiger partial charge in [-0.1, -0.05) is 0 Å². The molecule has 1 heterocycles. The number of dihydropyridines is 1. The quantitative estimate of drug-likeness (QED) is 0.465. The van der Waals surface area contributed by atoms with E-state index in [0.717, 1.165) is 0 Å². The monoisotopic (exact) mass is 179 g/mol. The van der Waals surface area contributed by atoms with Gasteiger partial charge in [-0.25, -0.2) is 9.59 Å². The second kappa shape index (κ2) is 3.74. The van der Waals surface area contributed by atoms with Gasteiger partial charge < -0.3 is 10.1 Å². The molecule has 0 bridgehead atoms. The molecule has 0 atom stereocenters. The number of ether oxygens (including phenoxy) is 1. The number of rotatable bonds is 1. The molecular weight excluding hydrogens is 170 g/mol. The Morgan fingerprint density at radius 2 is 2.31 bits per heavy atom. The third kappa shape index (κ3) is 1.68. The minimum atomic E-state index is -0.535. The zero-order valence-corrected chi connectivity index (χ0v) is 7.38. The Hall–Kier alpha value is -1.80. The maximum Gasteiger partial charge on any atom is 0.340 e. The van der Waals surface area contributed by atoms with Crippen molar-refractivity contribution in [2.45, 2.75) is 6.92 Å². The summed E-state index contributed by atoms with van der Waals surface area (Å²) in [6, 6.07) is 0. The van der Waals surface area contributed by atoms with Crippen LogP contribution >= 0.6 is 0 Å². The first-order valence-electron chi connectivity index (χ1n) is 3.68. The van der Waals surface area contributed by atoms with Gasteiger partial charge in [0.15, 0.2) is 0 Å². The predicted octanol–water partition coefficient (Wildman–Crippen LogP) is 0.308. The Morgan fingerprint density at radius 3 is 2.85 bits per heavy atom. The average Bonchev–Trinajstić information content (AvgIpc) is 2.16. The summed E-state index contributed by atoms with van der Waals surface area (Å²) in [5, 5.41) is 2.81. The average molecular weight is 179 g/mol. The number of hydrogen-bond acceptors (Lipinski definition) is 4. The van der Waals surface area contributed by atoms with Gasteiger partial charge in [0.25, 0.3) is 0 Å². The molecule has 1 aliphatic heterocycles. The first-order valence-corrected chi connectivity index (χ1v) is 3.68. The molecule has 0 amide bonds. The van der Waals surface area contributed by atoms with Crippen molar-refractivity contribution in [1.29, 1.82) is 0 Å². The summed E-state index contributed by atoms with van der Waals surface area (Å²) in [5.41, 5.74) is 1.04. The number of methoxy groups -OCH3 is 1. The summed E-state index contributed by atoms with van der Waals surface area (Å²) in [6.45, 7) is 1.69. The fourth-order valence-corrected chi connectivity index (χ4v) is 1.06. The van der Waals surface area contributed by atoms with Crippen molar-refractivity contribution in [2.75, 3.05) is 7.11 Å². The summed E-state index contributed by atoms with van der Waals surface area (Å²) in [7, 11) is 1.27. The van der Waals surface area contributed by atoms with E-state index in [-0.39, 0.29) is 11.1 Å². The van der Waals surface area contributed by atoms with Crippen molar-refractivity contribution in [3.63, 3.8) is 0 Å². The van der Waals surface area contributed by atoms with Crippen LogP contribution in [0.25, 0.3) is 0 Å². The van der Waals surface area contributed by atoms with E-state index in [2.05, 4.69) is 10.1 Å². The molecule has 1 N–H and O–H groups in total. The van der Waals surface area contributed by atoms with Crippen molar-refractivity contribution in [2.24, 2.45) is 0 Å². The van der Waals surface area contributed by atoms with E-state index < -0.39 is 5.97 Å². The van der Waals surface area contributed by atoms with Crippen LogP contribution in [-0.4, -0.2) is 19.0 Å². The van der Waals surface area contributed by atoms with Gasteiger partial charge in [0.1, 0.15) is 5.94 Å². The second-order valence-corrected chi connectivity index (χ2v) is 2.48. The second-order valence-electron chi connectivity index (χ2n) is 2.48. The van der Waals surface area contributed by atoms with E-state index in [0.29, 0.717) is 5.70 Å². The molecule has 68 valence electrons. The lowest BCUT2D eigenvalue weighted by molar-refractivity contribution is -0.135. The number of carbonyl (C=O) groups is 1. The molecule has 0 aromatic rings. The van der Waals surface area contributed by atoms with E-state index >= 15 is 0 Å². The van der Waals surface area contributed by atoms with Crippen LogP contribution in [0.4, 0.5) is 0 Å². The van der Waals surface area contributed by atoms with Crippen LogP contribution in [0.5, 0.6) is 0 Å². The fourth-order valence-electron chi connectivity index (χ4n) is 1.06.